The maximum atomic E-state index is 11.1. The van der Waals surface area contributed by atoms with E-state index in [2.05, 4.69) is 17.6 Å². The zero-order valence-corrected chi connectivity index (χ0v) is 14.1. The van der Waals surface area contributed by atoms with E-state index < -0.39 is 7.72 Å². The maximum absolute atomic E-state index is 11.1. The number of amides is 2. The summed E-state index contributed by atoms with van der Waals surface area (Å²) in [6.45, 7) is 6.93. The van der Waals surface area contributed by atoms with Crippen LogP contribution in [0.25, 0.3) is 0 Å². The van der Waals surface area contributed by atoms with Gasteiger partial charge in [-0.15, -0.1) is 0 Å². The summed E-state index contributed by atoms with van der Waals surface area (Å²) in [6.07, 6.45) is 1.43. The van der Waals surface area contributed by atoms with Gasteiger partial charge < -0.3 is 20.1 Å². The first-order chi connectivity index (χ1) is 10.6. The van der Waals surface area contributed by atoms with Gasteiger partial charge >= 0.3 is 7.72 Å². The highest BCUT2D eigenvalue weighted by Crippen LogP contribution is 2.80. The third kappa shape index (κ3) is 7.47. The fourth-order valence-electron chi connectivity index (χ4n) is 1.82. The van der Waals surface area contributed by atoms with E-state index in [1.807, 2.05) is 6.92 Å². The third-order valence-corrected chi connectivity index (χ3v) is 6.28. The lowest BCUT2D eigenvalue weighted by molar-refractivity contribution is -0.122. The molecule has 2 unspecified atom stereocenters. The van der Waals surface area contributed by atoms with E-state index in [-0.39, 0.29) is 18.3 Å². The van der Waals surface area contributed by atoms with Gasteiger partial charge in [0.15, 0.2) is 0 Å². The largest absolute Gasteiger partial charge is 0.377 e. The fraction of sp³-hybridized carbons (Fsp3) is 0.846. The van der Waals surface area contributed by atoms with Crippen molar-refractivity contribution >= 4 is 20.0 Å². The number of hydrogen-bond donors (Lipinski definition) is 2. The Labute approximate surface area is 131 Å². The van der Waals surface area contributed by atoms with Gasteiger partial charge in [0.05, 0.1) is 33.0 Å². The van der Waals surface area contributed by atoms with Gasteiger partial charge in [0.2, 0.25) is 12.3 Å². The van der Waals surface area contributed by atoms with Crippen LogP contribution < -0.4 is 10.6 Å². The van der Waals surface area contributed by atoms with Gasteiger partial charge in [-0.25, -0.2) is 4.52 Å². The molecule has 1 aliphatic rings. The van der Waals surface area contributed by atoms with Crippen molar-refractivity contribution < 1.29 is 28.1 Å². The van der Waals surface area contributed by atoms with Crippen LogP contribution in [-0.4, -0.2) is 70.4 Å². The minimum Gasteiger partial charge on any atom is -0.377 e. The molecule has 0 aliphatic carbocycles. The highest BCUT2D eigenvalue weighted by atomic mass is 31.2. The molecule has 1 heterocycles. The van der Waals surface area contributed by atoms with Gasteiger partial charge in [-0.05, 0) is 6.92 Å². The molecule has 0 aromatic heterocycles. The summed E-state index contributed by atoms with van der Waals surface area (Å²) in [5, 5.41) is 4.89. The fourth-order valence-corrected chi connectivity index (χ4v) is 4.10. The summed E-state index contributed by atoms with van der Waals surface area (Å²) in [7, 11) is -1.53. The Hall–Kier alpha value is -0.790. The van der Waals surface area contributed by atoms with Gasteiger partial charge in [-0.2, -0.15) is 4.52 Å². The molecular formula is C13H26N2O6P+. The summed E-state index contributed by atoms with van der Waals surface area (Å²) in [4.78, 5) is 21.1. The quantitative estimate of drug-likeness (QED) is 0.203. The first-order valence-corrected chi connectivity index (χ1v) is 9.32. The molecule has 0 saturated carbocycles. The van der Waals surface area contributed by atoms with Gasteiger partial charge in [0, 0.05) is 13.5 Å². The van der Waals surface area contributed by atoms with Crippen molar-refractivity contribution in [1.29, 1.82) is 0 Å². The lowest BCUT2D eigenvalue weighted by atomic mass is 10.5. The number of carbonyl (C=O) groups excluding carboxylic acids is 2. The zero-order chi connectivity index (χ0) is 16.3. The Bertz CT molecular complexity index is 342. The van der Waals surface area contributed by atoms with E-state index in [4.69, 9.17) is 18.5 Å². The first-order valence-electron chi connectivity index (χ1n) is 7.44. The molecule has 1 fully saturated rings. The average molecular weight is 337 g/mol. The number of carbonyl (C=O) groups is 2. The van der Waals surface area contributed by atoms with Crippen LogP contribution in [0.2, 0.25) is 0 Å². The van der Waals surface area contributed by atoms with Crippen LogP contribution in [0.5, 0.6) is 0 Å². The predicted molar refractivity (Wildman–Crippen MR) is 82.7 cm³/mol. The van der Waals surface area contributed by atoms with Crippen LogP contribution in [0.4, 0.5) is 0 Å². The lowest BCUT2D eigenvalue weighted by Gasteiger charge is -2.07. The monoisotopic (exact) mass is 337 g/mol. The van der Waals surface area contributed by atoms with Gasteiger partial charge in [-0.3, -0.25) is 9.59 Å². The molecule has 128 valence electrons. The smallest absolute Gasteiger partial charge is 0.313 e. The van der Waals surface area contributed by atoms with E-state index in [0.717, 1.165) is 6.16 Å². The molecule has 22 heavy (non-hydrogen) atoms. The van der Waals surface area contributed by atoms with Crippen LogP contribution >= 0.6 is 7.72 Å². The van der Waals surface area contributed by atoms with Gasteiger partial charge in [0.25, 0.3) is 5.85 Å². The summed E-state index contributed by atoms with van der Waals surface area (Å²) in [5.41, 5.74) is 0. The van der Waals surface area contributed by atoms with Crippen molar-refractivity contribution in [2.45, 2.75) is 19.7 Å². The van der Waals surface area contributed by atoms with Gasteiger partial charge in [-0.1, -0.05) is 0 Å². The van der Waals surface area contributed by atoms with Crippen molar-refractivity contribution in [3.05, 3.63) is 0 Å². The summed E-state index contributed by atoms with van der Waals surface area (Å²) in [5.74, 6) is 0.0339. The minimum absolute atomic E-state index is 0.0170. The van der Waals surface area contributed by atoms with Crippen LogP contribution in [0.15, 0.2) is 0 Å². The summed E-state index contributed by atoms with van der Waals surface area (Å²) >= 11 is 0. The number of rotatable bonds is 14. The van der Waals surface area contributed by atoms with Crippen molar-refractivity contribution in [1.82, 2.24) is 10.6 Å². The van der Waals surface area contributed by atoms with E-state index in [0.29, 0.717) is 46.0 Å². The maximum Gasteiger partial charge on any atom is 0.313 e. The van der Waals surface area contributed by atoms with Crippen molar-refractivity contribution in [3.8, 4) is 0 Å². The molecule has 8 nitrogen and oxygen atoms in total. The number of nitrogens with one attached hydrogen (secondary N) is 2. The molecule has 0 bridgehead atoms. The number of hydrogen-bond acceptors (Lipinski definition) is 6. The topological polar surface area (TPSA) is 98.4 Å². The second kappa shape index (κ2) is 10.9. The SMILES string of the molecule is CC[P+]1(OCCOCCOCCNC(=O)CNC=O)OC1C. The molecule has 1 saturated heterocycles. The van der Waals surface area contributed by atoms with Crippen LogP contribution in [0.3, 0.4) is 0 Å². The van der Waals surface area contributed by atoms with E-state index in [1.54, 1.807) is 0 Å². The Morgan fingerprint density at radius 1 is 1.23 bits per heavy atom. The van der Waals surface area contributed by atoms with Crippen LogP contribution in [-0.2, 0) is 28.1 Å². The molecule has 2 N–H and O–H groups in total. The van der Waals surface area contributed by atoms with E-state index in [9.17, 15) is 9.59 Å². The van der Waals surface area contributed by atoms with Gasteiger partial charge in [0.1, 0.15) is 12.8 Å². The molecule has 1 aliphatic heterocycles. The molecule has 1 rings (SSSR count). The average Bonchev–Trinajstić information content (AvgIpc) is 3.17. The standard InChI is InChI=1S/C13H25N2O6P/c1-3-22(12(2)21-22)20-9-8-19-7-6-18-5-4-15-13(17)10-14-11-16/h11-12H,3-10H2,1-2H3,(H-,14,15,16,17)/p+1. The molecule has 0 aromatic carbocycles. The Morgan fingerprint density at radius 2 is 1.86 bits per heavy atom. The minimum atomic E-state index is -1.53. The van der Waals surface area contributed by atoms with E-state index >= 15 is 0 Å². The van der Waals surface area contributed by atoms with Crippen molar-refractivity contribution in [3.63, 3.8) is 0 Å². The molecule has 0 radical (unpaired) electrons. The van der Waals surface area contributed by atoms with Crippen LogP contribution in [0.1, 0.15) is 13.8 Å². The molecule has 0 spiro atoms. The molecular weight excluding hydrogens is 311 g/mol. The summed E-state index contributed by atoms with van der Waals surface area (Å²) in [6, 6.07) is 0. The second-order valence-corrected chi connectivity index (χ2v) is 7.93. The predicted octanol–water partition coefficient (Wildman–Crippen LogP) is 0.142. The number of ether oxygens (including phenoxy) is 2. The first kappa shape index (κ1) is 19.3. The van der Waals surface area contributed by atoms with E-state index in [1.165, 1.54) is 0 Å². The molecule has 9 heteroatoms. The van der Waals surface area contributed by atoms with Crippen molar-refractivity contribution in [2.24, 2.45) is 0 Å². The molecule has 2 atom stereocenters. The third-order valence-electron chi connectivity index (χ3n) is 3.10. The highest BCUT2D eigenvalue weighted by Gasteiger charge is 2.66. The highest BCUT2D eigenvalue weighted by molar-refractivity contribution is 7.72. The molecule has 2 amide bonds. The van der Waals surface area contributed by atoms with Crippen molar-refractivity contribution in [2.75, 3.05) is 52.3 Å². The Kier molecular flexibility index (Phi) is 9.50. The summed E-state index contributed by atoms with van der Waals surface area (Å²) < 4.78 is 22.0. The molecule has 0 aromatic rings. The Balaban J connectivity index is 1.80. The lowest BCUT2D eigenvalue weighted by Crippen LogP contribution is -2.35. The Morgan fingerprint density at radius 3 is 2.45 bits per heavy atom. The zero-order valence-electron chi connectivity index (χ0n) is 13.2. The van der Waals surface area contributed by atoms with Crippen LogP contribution in [0, 0.1) is 0 Å². The second-order valence-electron chi connectivity index (χ2n) is 4.65. The normalized spacial score (nSPS) is 23.1.